The van der Waals surface area contributed by atoms with Crippen LogP contribution in [0.1, 0.15) is 18.9 Å². The summed E-state index contributed by atoms with van der Waals surface area (Å²) in [6, 6.07) is 9.57. The third-order valence-corrected chi connectivity index (χ3v) is 2.82. The van der Waals surface area contributed by atoms with Crippen molar-refractivity contribution in [3.8, 4) is 6.07 Å². The minimum absolute atomic E-state index is 0.00305. The standard InChI is InChI=1S/C14H15N3O/c1-2-7-16-14(18)10-17-8-6-12-11(9-15)4-3-5-13(12)17/h3-6,8H,2,7,10H2,1H3,(H,16,18). The molecule has 4 heteroatoms. The van der Waals surface area contributed by atoms with Gasteiger partial charge in [-0.3, -0.25) is 4.79 Å². The zero-order chi connectivity index (χ0) is 13.0. The highest BCUT2D eigenvalue weighted by Crippen LogP contribution is 2.19. The molecule has 0 radical (unpaired) electrons. The quantitative estimate of drug-likeness (QED) is 0.890. The van der Waals surface area contributed by atoms with Crippen molar-refractivity contribution in [3.05, 3.63) is 36.0 Å². The van der Waals surface area contributed by atoms with E-state index >= 15 is 0 Å². The molecule has 0 aliphatic rings. The molecule has 2 rings (SSSR count). The molecule has 1 N–H and O–H groups in total. The Bertz CT molecular complexity index is 607. The average molecular weight is 241 g/mol. The van der Waals surface area contributed by atoms with E-state index in [0.717, 1.165) is 17.3 Å². The number of carbonyl (C=O) groups excluding carboxylic acids is 1. The third kappa shape index (κ3) is 2.35. The van der Waals surface area contributed by atoms with Crippen LogP contribution in [-0.4, -0.2) is 17.0 Å². The second-order valence-electron chi connectivity index (χ2n) is 4.14. The molecule has 0 atom stereocenters. The van der Waals surface area contributed by atoms with Crippen LogP contribution in [0.15, 0.2) is 30.5 Å². The molecular formula is C14H15N3O. The average Bonchev–Trinajstić information content (AvgIpc) is 2.79. The summed E-state index contributed by atoms with van der Waals surface area (Å²) in [6.45, 7) is 3.00. The molecule has 0 aliphatic heterocycles. The molecule has 0 fully saturated rings. The Morgan fingerprint density at radius 2 is 2.28 bits per heavy atom. The highest BCUT2D eigenvalue weighted by molar-refractivity contribution is 5.87. The summed E-state index contributed by atoms with van der Waals surface area (Å²) >= 11 is 0. The van der Waals surface area contributed by atoms with Crippen molar-refractivity contribution >= 4 is 16.8 Å². The van der Waals surface area contributed by atoms with E-state index in [1.165, 1.54) is 0 Å². The Labute approximate surface area is 106 Å². The lowest BCUT2D eigenvalue weighted by Gasteiger charge is -2.06. The normalized spacial score (nSPS) is 10.2. The monoisotopic (exact) mass is 241 g/mol. The van der Waals surface area contributed by atoms with Gasteiger partial charge in [0.25, 0.3) is 0 Å². The molecule has 1 amide bonds. The van der Waals surface area contributed by atoms with Crippen molar-refractivity contribution in [1.82, 2.24) is 9.88 Å². The molecule has 1 aromatic heterocycles. The van der Waals surface area contributed by atoms with Crippen LogP contribution >= 0.6 is 0 Å². The van der Waals surface area contributed by atoms with E-state index in [1.807, 2.05) is 35.9 Å². The van der Waals surface area contributed by atoms with Gasteiger partial charge in [0.05, 0.1) is 11.6 Å². The van der Waals surface area contributed by atoms with Crippen molar-refractivity contribution < 1.29 is 4.79 Å². The predicted molar refractivity (Wildman–Crippen MR) is 70.0 cm³/mol. The Balaban J connectivity index is 2.25. The first-order valence-electron chi connectivity index (χ1n) is 6.01. The van der Waals surface area contributed by atoms with E-state index in [4.69, 9.17) is 5.26 Å². The summed E-state index contributed by atoms with van der Waals surface area (Å²) in [5, 5.41) is 12.7. The first-order valence-corrected chi connectivity index (χ1v) is 6.01. The number of fused-ring (bicyclic) bond motifs is 1. The summed E-state index contributed by atoms with van der Waals surface area (Å²) in [6.07, 6.45) is 2.77. The van der Waals surface area contributed by atoms with Gasteiger partial charge in [0, 0.05) is 23.6 Å². The van der Waals surface area contributed by atoms with E-state index < -0.39 is 0 Å². The van der Waals surface area contributed by atoms with Gasteiger partial charge >= 0.3 is 0 Å². The molecule has 92 valence electrons. The number of nitrogens with zero attached hydrogens (tertiary/aromatic N) is 2. The smallest absolute Gasteiger partial charge is 0.239 e. The van der Waals surface area contributed by atoms with E-state index in [2.05, 4.69) is 11.4 Å². The molecule has 4 nitrogen and oxygen atoms in total. The second-order valence-corrected chi connectivity index (χ2v) is 4.14. The molecule has 0 unspecified atom stereocenters. The minimum Gasteiger partial charge on any atom is -0.355 e. The molecule has 1 heterocycles. The fourth-order valence-corrected chi connectivity index (χ4v) is 1.93. The number of carbonyl (C=O) groups is 1. The molecule has 0 spiro atoms. The van der Waals surface area contributed by atoms with Crippen molar-refractivity contribution in [2.75, 3.05) is 6.54 Å². The Hall–Kier alpha value is -2.28. The fourth-order valence-electron chi connectivity index (χ4n) is 1.93. The lowest BCUT2D eigenvalue weighted by atomic mass is 10.1. The van der Waals surface area contributed by atoms with Crippen molar-refractivity contribution in [3.63, 3.8) is 0 Å². The van der Waals surface area contributed by atoms with Gasteiger partial charge < -0.3 is 9.88 Å². The highest BCUT2D eigenvalue weighted by atomic mass is 16.1. The predicted octanol–water partition coefficient (Wildman–Crippen LogP) is 2.04. The summed E-state index contributed by atoms with van der Waals surface area (Å²) < 4.78 is 1.86. The number of nitriles is 1. The number of benzene rings is 1. The maximum absolute atomic E-state index is 11.7. The van der Waals surface area contributed by atoms with Crippen LogP contribution in [0, 0.1) is 11.3 Å². The van der Waals surface area contributed by atoms with Crippen molar-refractivity contribution in [2.24, 2.45) is 0 Å². The van der Waals surface area contributed by atoms with Crippen LogP contribution in [0.3, 0.4) is 0 Å². The van der Waals surface area contributed by atoms with Crippen LogP contribution in [0.4, 0.5) is 0 Å². The summed E-state index contributed by atoms with van der Waals surface area (Å²) in [5.74, 6) is -0.00305. The van der Waals surface area contributed by atoms with Gasteiger partial charge in [-0.05, 0) is 24.6 Å². The first kappa shape index (κ1) is 12.2. The van der Waals surface area contributed by atoms with Crippen LogP contribution in [0.5, 0.6) is 0 Å². The van der Waals surface area contributed by atoms with Gasteiger partial charge in [-0.1, -0.05) is 13.0 Å². The van der Waals surface area contributed by atoms with Gasteiger partial charge in [-0.2, -0.15) is 5.26 Å². The zero-order valence-electron chi connectivity index (χ0n) is 10.3. The molecular weight excluding hydrogens is 226 g/mol. The van der Waals surface area contributed by atoms with Gasteiger partial charge in [0.2, 0.25) is 5.91 Å². The Morgan fingerprint density at radius 3 is 3.00 bits per heavy atom. The van der Waals surface area contributed by atoms with Gasteiger partial charge in [0.15, 0.2) is 0 Å². The maximum Gasteiger partial charge on any atom is 0.239 e. The van der Waals surface area contributed by atoms with Crippen molar-refractivity contribution in [1.29, 1.82) is 5.26 Å². The molecule has 2 aromatic rings. The van der Waals surface area contributed by atoms with Crippen LogP contribution in [-0.2, 0) is 11.3 Å². The van der Waals surface area contributed by atoms with Gasteiger partial charge in [-0.15, -0.1) is 0 Å². The Morgan fingerprint density at radius 1 is 1.44 bits per heavy atom. The number of rotatable bonds is 4. The molecule has 0 bridgehead atoms. The molecule has 0 saturated carbocycles. The van der Waals surface area contributed by atoms with Crippen LogP contribution < -0.4 is 5.32 Å². The molecule has 18 heavy (non-hydrogen) atoms. The highest BCUT2D eigenvalue weighted by Gasteiger charge is 2.07. The Kier molecular flexibility index (Phi) is 3.63. The molecule has 1 aromatic carbocycles. The number of amides is 1. The first-order chi connectivity index (χ1) is 8.76. The summed E-state index contributed by atoms with van der Waals surface area (Å²) in [7, 11) is 0. The fraction of sp³-hybridized carbons (Fsp3) is 0.286. The summed E-state index contributed by atoms with van der Waals surface area (Å²) in [4.78, 5) is 11.7. The summed E-state index contributed by atoms with van der Waals surface area (Å²) in [5.41, 5.74) is 1.56. The third-order valence-electron chi connectivity index (χ3n) is 2.82. The second kappa shape index (κ2) is 5.37. The number of aromatic nitrogens is 1. The molecule has 0 aliphatic carbocycles. The SMILES string of the molecule is CCCNC(=O)Cn1ccc2c(C#N)cccc21. The van der Waals surface area contributed by atoms with E-state index in [9.17, 15) is 4.79 Å². The van der Waals surface area contributed by atoms with E-state index in [1.54, 1.807) is 6.07 Å². The lowest BCUT2D eigenvalue weighted by Crippen LogP contribution is -2.27. The van der Waals surface area contributed by atoms with E-state index in [0.29, 0.717) is 18.7 Å². The zero-order valence-corrected chi connectivity index (χ0v) is 10.3. The topological polar surface area (TPSA) is 57.8 Å². The van der Waals surface area contributed by atoms with Crippen molar-refractivity contribution in [2.45, 2.75) is 19.9 Å². The van der Waals surface area contributed by atoms with Gasteiger partial charge in [-0.25, -0.2) is 0 Å². The largest absolute Gasteiger partial charge is 0.355 e. The number of nitrogens with one attached hydrogen (secondary N) is 1. The molecule has 0 saturated heterocycles. The maximum atomic E-state index is 11.7. The van der Waals surface area contributed by atoms with Crippen LogP contribution in [0.2, 0.25) is 0 Å². The minimum atomic E-state index is -0.00305. The lowest BCUT2D eigenvalue weighted by molar-refractivity contribution is -0.121. The van der Waals surface area contributed by atoms with Crippen LogP contribution in [0.25, 0.3) is 10.9 Å². The van der Waals surface area contributed by atoms with E-state index in [-0.39, 0.29) is 5.91 Å². The number of hydrogen-bond donors (Lipinski definition) is 1. The number of hydrogen-bond acceptors (Lipinski definition) is 2. The van der Waals surface area contributed by atoms with Gasteiger partial charge in [0.1, 0.15) is 6.54 Å².